The van der Waals surface area contributed by atoms with E-state index >= 15 is 0 Å². The van der Waals surface area contributed by atoms with Gasteiger partial charge in [0.15, 0.2) is 0 Å². The number of piperidine rings is 1. The molecule has 5 nitrogen and oxygen atoms in total. The number of β-amino-alcohol motifs (C(OH)–C–C–N with tert-alkyl or cyclic N) is 1. The average molecular weight is 272 g/mol. The Morgan fingerprint density at radius 1 is 1.47 bits per heavy atom. The number of hydrogen-bond donors (Lipinski definition) is 2. The number of carbonyl (C=O) groups is 1. The molecule has 1 saturated heterocycles. The molecule has 0 saturated carbocycles. The number of carbonyl (C=O) groups excluding carboxylic acids is 1. The van der Waals surface area contributed by atoms with E-state index in [9.17, 15) is 9.90 Å². The van der Waals surface area contributed by atoms with E-state index in [-0.39, 0.29) is 5.91 Å². The van der Waals surface area contributed by atoms with E-state index in [1.54, 1.807) is 0 Å². The van der Waals surface area contributed by atoms with Gasteiger partial charge in [-0.25, -0.2) is 0 Å². The molecule has 5 heteroatoms. The van der Waals surface area contributed by atoms with Gasteiger partial charge in [-0.3, -0.25) is 4.79 Å². The Labute approximate surface area is 116 Å². The van der Waals surface area contributed by atoms with Crippen LogP contribution in [0.2, 0.25) is 0 Å². The van der Waals surface area contributed by atoms with Gasteiger partial charge in [0.1, 0.15) is 0 Å². The van der Waals surface area contributed by atoms with Gasteiger partial charge in [-0.1, -0.05) is 6.92 Å². The van der Waals surface area contributed by atoms with Crippen LogP contribution < -0.4 is 5.32 Å². The van der Waals surface area contributed by atoms with Crippen LogP contribution in [0.15, 0.2) is 0 Å². The number of nitrogens with one attached hydrogen (secondary N) is 1. The standard InChI is InChI=1S/C14H28N2O3/c1-3-19-9-6-14(18)15-10-13(17)11-16-7-4-12(2)5-8-16/h12-13,17H,3-11H2,1-2H3,(H,15,18)/t13-/m0/s1. The third-order valence-electron chi connectivity index (χ3n) is 3.56. The van der Waals surface area contributed by atoms with Crippen molar-refractivity contribution in [1.82, 2.24) is 10.2 Å². The number of aliphatic hydroxyl groups is 1. The van der Waals surface area contributed by atoms with E-state index in [0.717, 1.165) is 19.0 Å². The van der Waals surface area contributed by atoms with Crippen LogP contribution in [-0.2, 0) is 9.53 Å². The Morgan fingerprint density at radius 2 is 2.16 bits per heavy atom. The first-order chi connectivity index (χ1) is 9.11. The zero-order valence-electron chi connectivity index (χ0n) is 12.2. The highest BCUT2D eigenvalue weighted by Crippen LogP contribution is 2.15. The van der Waals surface area contributed by atoms with Gasteiger partial charge in [-0.15, -0.1) is 0 Å². The minimum Gasteiger partial charge on any atom is -0.390 e. The maximum Gasteiger partial charge on any atom is 0.222 e. The lowest BCUT2D eigenvalue weighted by Crippen LogP contribution is -2.43. The Hall–Kier alpha value is -0.650. The van der Waals surface area contributed by atoms with Crippen LogP contribution in [-0.4, -0.2) is 61.4 Å². The third kappa shape index (κ3) is 7.50. The summed E-state index contributed by atoms with van der Waals surface area (Å²) in [5.74, 6) is 0.742. The largest absolute Gasteiger partial charge is 0.390 e. The monoisotopic (exact) mass is 272 g/mol. The van der Waals surface area contributed by atoms with Crippen molar-refractivity contribution in [3.63, 3.8) is 0 Å². The van der Waals surface area contributed by atoms with Crippen LogP contribution in [0, 0.1) is 5.92 Å². The predicted molar refractivity (Wildman–Crippen MR) is 75.0 cm³/mol. The summed E-state index contributed by atoms with van der Waals surface area (Å²) in [6.07, 6.45) is 2.28. The van der Waals surface area contributed by atoms with E-state index in [4.69, 9.17) is 4.74 Å². The lowest BCUT2D eigenvalue weighted by molar-refractivity contribution is -0.122. The number of nitrogens with zero attached hydrogens (tertiary/aromatic N) is 1. The third-order valence-corrected chi connectivity index (χ3v) is 3.56. The molecule has 19 heavy (non-hydrogen) atoms. The summed E-state index contributed by atoms with van der Waals surface area (Å²) >= 11 is 0. The summed E-state index contributed by atoms with van der Waals surface area (Å²) in [5.41, 5.74) is 0. The molecule has 0 bridgehead atoms. The second kappa shape index (κ2) is 9.28. The molecule has 0 radical (unpaired) electrons. The predicted octanol–water partition coefficient (Wildman–Crippen LogP) is 0.622. The van der Waals surface area contributed by atoms with Gasteiger partial charge in [0.2, 0.25) is 5.91 Å². The molecule has 1 aliphatic rings. The average Bonchev–Trinajstić information content (AvgIpc) is 2.39. The van der Waals surface area contributed by atoms with Crippen molar-refractivity contribution in [1.29, 1.82) is 0 Å². The SMILES string of the molecule is CCOCCC(=O)NC[C@H](O)CN1CCC(C)CC1. The van der Waals surface area contributed by atoms with Gasteiger partial charge in [-0.2, -0.15) is 0 Å². The van der Waals surface area contributed by atoms with Crippen LogP contribution in [0.1, 0.15) is 33.1 Å². The molecule has 1 fully saturated rings. The van der Waals surface area contributed by atoms with Gasteiger partial charge in [0.25, 0.3) is 0 Å². The van der Waals surface area contributed by atoms with Gasteiger partial charge >= 0.3 is 0 Å². The topological polar surface area (TPSA) is 61.8 Å². The molecule has 0 aromatic carbocycles. The Balaban J connectivity index is 2.07. The maximum absolute atomic E-state index is 11.4. The maximum atomic E-state index is 11.4. The summed E-state index contributed by atoms with van der Waals surface area (Å²) in [4.78, 5) is 13.7. The highest BCUT2D eigenvalue weighted by molar-refractivity contribution is 5.75. The lowest BCUT2D eigenvalue weighted by Gasteiger charge is -2.31. The molecule has 0 unspecified atom stereocenters. The molecule has 1 atom stereocenters. The summed E-state index contributed by atoms with van der Waals surface area (Å²) in [7, 11) is 0. The van der Waals surface area contributed by atoms with E-state index in [2.05, 4.69) is 17.1 Å². The van der Waals surface area contributed by atoms with Crippen LogP contribution in [0.3, 0.4) is 0 Å². The first-order valence-electron chi connectivity index (χ1n) is 7.36. The molecular formula is C14H28N2O3. The first-order valence-corrected chi connectivity index (χ1v) is 7.36. The van der Waals surface area contributed by atoms with Crippen molar-refractivity contribution < 1.29 is 14.6 Å². The summed E-state index contributed by atoms with van der Waals surface area (Å²) in [6, 6.07) is 0. The van der Waals surface area contributed by atoms with Gasteiger partial charge in [0, 0.05) is 26.1 Å². The Morgan fingerprint density at radius 3 is 2.79 bits per heavy atom. The Kier molecular flexibility index (Phi) is 8.02. The second-order valence-electron chi connectivity index (χ2n) is 5.39. The smallest absolute Gasteiger partial charge is 0.222 e. The molecule has 0 aromatic rings. The zero-order valence-corrected chi connectivity index (χ0v) is 12.2. The van der Waals surface area contributed by atoms with Crippen LogP contribution in [0.5, 0.6) is 0 Å². The van der Waals surface area contributed by atoms with Gasteiger partial charge in [0.05, 0.1) is 12.7 Å². The summed E-state index contributed by atoms with van der Waals surface area (Å²) < 4.78 is 5.11. The molecule has 1 heterocycles. The number of amides is 1. The van der Waals surface area contributed by atoms with E-state index in [1.165, 1.54) is 12.8 Å². The molecule has 112 valence electrons. The first kappa shape index (κ1) is 16.4. The van der Waals surface area contributed by atoms with Crippen molar-refractivity contribution in [3.05, 3.63) is 0 Å². The Bertz CT molecular complexity index is 253. The summed E-state index contributed by atoms with van der Waals surface area (Å²) in [5, 5.41) is 12.6. The lowest BCUT2D eigenvalue weighted by atomic mass is 9.99. The second-order valence-corrected chi connectivity index (χ2v) is 5.39. The molecule has 0 aromatic heterocycles. The van der Waals surface area contributed by atoms with Crippen molar-refractivity contribution in [3.8, 4) is 0 Å². The van der Waals surface area contributed by atoms with Gasteiger partial charge in [-0.05, 0) is 38.8 Å². The summed E-state index contributed by atoms with van der Waals surface area (Å²) in [6.45, 7) is 8.34. The minimum atomic E-state index is -0.482. The molecular weight excluding hydrogens is 244 g/mol. The quantitative estimate of drug-likeness (QED) is 0.636. The van der Waals surface area contributed by atoms with E-state index in [0.29, 0.717) is 32.7 Å². The molecule has 1 rings (SSSR count). The fourth-order valence-corrected chi connectivity index (χ4v) is 2.24. The molecule has 0 aliphatic carbocycles. The fourth-order valence-electron chi connectivity index (χ4n) is 2.24. The van der Waals surface area contributed by atoms with Crippen molar-refractivity contribution in [2.45, 2.75) is 39.2 Å². The number of ether oxygens (including phenoxy) is 1. The number of aliphatic hydroxyl groups excluding tert-OH is 1. The molecule has 1 amide bonds. The highest BCUT2D eigenvalue weighted by Gasteiger charge is 2.18. The molecule has 2 N–H and O–H groups in total. The number of likely N-dealkylation sites (tertiary alicyclic amines) is 1. The fraction of sp³-hybridized carbons (Fsp3) is 0.929. The van der Waals surface area contributed by atoms with Crippen molar-refractivity contribution in [2.24, 2.45) is 5.92 Å². The van der Waals surface area contributed by atoms with Crippen molar-refractivity contribution in [2.75, 3.05) is 39.4 Å². The minimum absolute atomic E-state index is 0.0558. The zero-order chi connectivity index (χ0) is 14.1. The highest BCUT2D eigenvalue weighted by atomic mass is 16.5. The van der Waals surface area contributed by atoms with Gasteiger partial charge < -0.3 is 20.1 Å². The van der Waals surface area contributed by atoms with E-state index < -0.39 is 6.10 Å². The normalized spacial score (nSPS) is 19.3. The van der Waals surface area contributed by atoms with E-state index in [1.807, 2.05) is 6.92 Å². The van der Waals surface area contributed by atoms with Crippen LogP contribution >= 0.6 is 0 Å². The molecule has 1 aliphatic heterocycles. The van der Waals surface area contributed by atoms with Crippen LogP contribution in [0.4, 0.5) is 0 Å². The molecule has 0 spiro atoms. The van der Waals surface area contributed by atoms with Crippen LogP contribution in [0.25, 0.3) is 0 Å². The number of hydrogen-bond acceptors (Lipinski definition) is 4. The number of rotatable bonds is 8. The van der Waals surface area contributed by atoms with Crippen molar-refractivity contribution >= 4 is 5.91 Å².